The van der Waals surface area contributed by atoms with Crippen molar-refractivity contribution >= 4 is 30.9 Å². The van der Waals surface area contributed by atoms with Gasteiger partial charge in [-0.3, -0.25) is 4.79 Å². The molecule has 6 nitrogen and oxygen atoms in total. The standard InChI is InChI=1S/C28H38N2O4S/c1-19(2)17-24(25(32)30(20(3)18-31)28(6,7)35)29-26(33)34-27(4,5)23-15-13-22(14-16-23)21-11-9-8-10-12-21/h8-16,18-20,24,35H,17H2,1-7H3,(H,29,33)/t20-,24-/m0/s1. The van der Waals surface area contributed by atoms with Gasteiger partial charge in [-0.15, -0.1) is 0 Å². The number of alkyl carbamates (subject to hydrolysis) is 1. The Morgan fingerprint density at radius 2 is 1.51 bits per heavy atom. The minimum absolute atomic E-state index is 0.124. The first-order valence-corrected chi connectivity index (χ1v) is 12.4. The Labute approximate surface area is 214 Å². The van der Waals surface area contributed by atoms with Crippen LogP contribution in [-0.2, 0) is 19.9 Å². The third kappa shape index (κ3) is 7.85. The second-order valence-corrected chi connectivity index (χ2v) is 11.3. The Balaban J connectivity index is 2.19. The number of amides is 2. The smallest absolute Gasteiger partial charge is 0.408 e. The molecule has 2 atom stereocenters. The molecule has 0 radical (unpaired) electrons. The molecule has 7 heteroatoms. The zero-order valence-electron chi connectivity index (χ0n) is 21.7. The molecule has 0 aliphatic heterocycles. The van der Waals surface area contributed by atoms with Crippen LogP contribution in [0.5, 0.6) is 0 Å². The number of hydrogen-bond donors (Lipinski definition) is 2. The molecule has 2 aromatic rings. The van der Waals surface area contributed by atoms with Gasteiger partial charge in [0.1, 0.15) is 17.9 Å². The molecule has 0 bridgehead atoms. The normalized spacial score (nSPS) is 13.6. The van der Waals surface area contributed by atoms with E-state index in [4.69, 9.17) is 4.74 Å². The van der Waals surface area contributed by atoms with E-state index in [1.165, 1.54) is 4.90 Å². The summed E-state index contributed by atoms with van der Waals surface area (Å²) >= 11 is 4.51. The van der Waals surface area contributed by atoms with Crippen molar-refractivity contribution in [3.8, 4) is 11.1 Å². The molecule has 0 aromatic heterocycles. The molecule has 0 spiro atoms. The predicted octanol–water partition coefficient (Wildman–Crippen LogP) is 5.81. The molecule has 0 aliphatic carbocycles. The molecule has 0 saturated carbocycles. The number of carbonyl (C=O) groups excluding carboxylic acids is 3. The molecule has 0 heterocycles. The van der Waals surface area contributed by atoms with Crippen LogP contribution in [0, 0.1) is 5.92 Å². The minimum Gasteiger partial charge on any atom is -0.439 e. The summed E-state index contributed by atoms with van der Waals surface area (Å²) in [5.41, 5.74) is 2.07. The quantitative estimate of drug-likeness (QED) is 0.246. The summed E-state index contributed by atoms with van der Waals surface area (Å²) in [6, 6.07) is 16.3. The molecule has 2 amide bonds. The van der Waals surface area contributed by atoms with Crippen LogP contribution >= 0.6 is 12.6 Å². The SMILES string of the molecule is CC(C)C[C@H](NC(=O)OC(C)(C)c1ccc(-c2ccccc2)cc1)C(=O)N([C@@H](C)C=O)C(C)(C)S. The summed E-state index contributed by atoms with van der Waals surface area (Å²) in [6.45, 7) is 12.6. The fraction of sp³-hybridized carbons (Fsp3) is 0.464. The lowest BCUT2D eigenvalue weighted by Gasteiger charge is -2.40. The van der Waals surface area contributed by atoms with E-state index in [1.807, 2.05) is 68.4 Å². The number of carbonyl (C=O) groups is 3. The van der Waals surface area contributed by atoms with Gasteiger partial charge in [-0.1, -0.05) is 68.4 Å². The van der Waals surface area contributed by atoms with E-state index in [9.17, 15) is 14.4 Å². The number of nitrogens with zero attached hydrogens (tertiary/aromatic N) is 1. The number of benzene rings is 2. The Bertz CT molecular complexity index is 998. The topological polar surface area (TPSA) is 75.7 Å². The van der Waals surface area contributed by atoms with Crippen LogP contribution in [0.25, 0.3) is 11.1 Å². The second kappa shape index (κ2) is 11.8. The molecule has 0 fully saturated rings. The Hall–Kier alpha value is -2.80. The third-order valence-corrected chi connectivity index (χ3v) is 5.98. The zero-order valence-corrected chi connectivity index (χ0v) is 22.6. The lowest BCUT2D eigenvalue weighted by molar-refractivity contribution is -0.141. The van der Waals surface area contributed by atoms with Crippen LogP contribution in [0.4, 0.5) is 4.79 Å². The van der Waals surface area contributed by atoms with E-state index >= 15 is 0 Å². The van der Waals surface area contributed by atoms with Crippen molar-refractivity contribution in [2.24, 2.45) is 5.92 Å². The van der Waals surface area contributed by atoms with Crippen LogP contribution in [0.3, 0.4) is 0 Å². The van der Waals surface area contributed by atoms with Crippen LogP contribution in [-0.4, -0.2) is 40.1 Å². The van der Waals surface area contributed by atoms with E-state index in [0.717, 1.165) is 16.7 Å². The van der Waals surface area contributed by atoms with E-state index < -0.39 is 28.6 Å². The fourth-order valence-electron chi connectivity index (χ4n) is 4.05. The van der Waals surface area contributed by atoms with Gasteiger partial charge in [-0.2, -0.15) is 12.6 Å². The summed E-state index contributed by atoms with van der Waals surface area (Å²) in [5.74, 6) is -0.250. The predicted molar refractivity (Wildman–Crippen MR) is 143 cm³/mol. The van der Waals surface area contributed by atoms with Gasteiger partial charge < -0.3 is 19.7 Å². The number of thiol groups is 1. The summed E-state index contributed by atoms with van der Waals surface area (Å²) in [7, 11) is 0. The molecule has 2 rings (SSSR count). The third-order valence-electron chi connectivity index (χ3n) is 5.76. The van der Waals surface area contributed by atoms with Crippen LogP contribution < -0.4 is 5.32 Å². The molecule has 2 aromatic carbocycles. The number of nitrogens with one attached hydrogen (secondary N) is 1. The zero-order chi connectivity index (χ0) is 26.4. The van der Waals surface area contributed by atoms with Crippen molar-refractivity contribution in [2.45, 2.75) is 77.4 Å². The Morgan fingerprint density at radius 3 is 2.00 bits per heavy atom. The van der Waals surface area contributed by atoms with E-state index in [2.05, 4.69) is 17.9 Å². The van der Waals surface area contributed by atoms with Gasteiger partial charge in [-0.05, 0) is 63.6 Å². The number of hydrogen-bond acceptors (Lipinski definition) is 5. The van der Waals surface area contributed by atoms with Gasteiger partial charge in [-0.25, -0.2) is 4.79 Å². The molecule has 190 valence electrons. The van der Waals surface area contributed by atoms with E-state index in [0.29, 0.717) is 12.7 Å². The Kier molecular flexibility index (Phi) is 9.55. The van der Waals surface area contributed by atoms with Gasteiger partial charge in [0.05, 0.1) is 10.9 Å². The minimum atomic E-state index is -0.927. The van der Waals surface area contributed by atoms with Crippen LogP contribution in [0.2, 0.25) is 0 Å². The van der Waals surface area contributed by atoms with Crippen molar-refractivity contribution in [2.75, 3.05) is 0 Å². The average Bonchev–Trinajstić information content (AvgIpc) is 2.77. The highest BCUT2D eigenvalue weighted by Crippen LogP contribution is 2.28. The molecule has 0 saturated heterocycles. The van der Waals surface area contributed by atoms with Crippen LogP contribution in [0.1, 0.15) is 60.5 Å². The number of aldehydes is 1. The molecule has 1 N–H and O–H groups in total. The largest absolute Gasteiger partial charge is 0.439 e. The van der Waals surface area contributed by atoms with Crippen molar-refractivity contribution in [3.05, 3.63) is 60.2 Å². The van der Waals surface area contributed by atoms with Gasteiger partial charge in [0.15, 0.2) is 0 Å². The summed E-state index contributed by atoms with van der Waals surface area (Å²) < 4.78 is 5.77. The van der Waals surface area contributed by atoms with Gasteiger partial charge in [0.2, 0.25) is 5.91 Å². The van der Waals surface area contributed by atoms with Crippen LogP contribution in [0.15, 0.2) is 54.6 Å². The van der Waals surface area contributed by atoms with Gasteiger partial charge in [0.25, 0.3) is 0 Å². The maximum Gasteiger partial charge on any atom is 0.408 e. The van der Waals surface area contributed by atoms with E-state index in [1.54, 1.807) is 34.6 Å². The summed E-state index contributed by atoms with van der Waals surface area (Å²) in [4.78, 5) is 38.3. The second-order valence-electron chi connectivity index (χ2n) is 10.2. The van der Waals surface area contributed by atoms with Crippen molar-refractivity contribution in [3.63, 3.8) is 0 Å². The molecule has 35 heavy (non-hydrogen) atoms. The van der Waals surface area contributed by atoms with Gasteiger partial charge >= 0.3 is 6.09 Å². The number of ether oxygens (including phenoxy) is 1. The first-order valence-electron chi connectivity index (χ1n) is 11.9. The highest BCUT2D eigenvalue weighted by atomic mass is 32.1. The summed E-state index contributed by atoms with van der Waals surface area (Å²) in [6.07, 6.45) is 0.395. The highest BCUT2D eigenvalue weighted by molar-refractivity contribution is 7.81. The molecular formula is C28H38N2O4S. The maximum absolute atomic E-state index is 13.4. The summed E-state index contributed by atoms with van der Waals surface area (Å²) in [5, 5.41) is 2.74. The highest BCUT2D eigenvalue weighted by Gasteiger charge is 2.37. The van der Waals surface area contributed by atoms with E-state index in [-0.39, 0.29) is 11.8 Å². The lowest BCUT2D eigenvalue weighted by Crippen LogP contribution is -2.58. The van der Waals surface area contributed by atoms with Crippen molar-refractivity contribution < 1.29 is 19.1 Å². The average molecular weight is 499 g/mol. The molecular weight excluding hydrogens is 460 g/mol. The first-order chi connectivity index (χ1) is 16.3. The molecule has 0 unspecified atom stereocenters. The van der Waals surface area contributed by atoms with Crippen molar-refractivity contribution in [1.82, 2.24) is 10.2 Å². The molecule has 0 aliphatic rings. The van der Waals surface area contributed by atoms with Crippen molar-refractivity contribution in [1.29, 1.82) is 0 Å². The Morgan fingerprint density at radius 1 is 0.971 bits per heavy atom. The number of rotatable bonds is 10. The fourth-order valence-corrected chi connectivity index (χ4v) is 4.33. The monoisotopic (exact) mass is 498 g/mol. The first kappa shape index (κ1) is 28.4. The van der Waals surface area contributed by atoms with Gasteiger partial charge in [0, 0.05) is 0 Å². The maximum atomic E-state index is 13.4. The lowest BCUT2D eigenvalue weighted by atomic mass is 9.95.